The van der Waals surface area contributed by atoms with Crippen LogP contribution >= 0.6 is 11.3 Å². The van der Waals surface area contributed by atoms with Gasteiger partial charge in [0.2, 0.25) is 5.75 Å². The Bertz CT molecular complexity index is 1520. The van der Waals surface area contributed by atoms with Gasteiger partial charge in [0.05, 0.1) is 26.8 Å². The quantitative estimate of drug-likeness (QED) is 0.365. The largest absolute Gasteiger partial charge is 0.493 e. The maximum atomic E-state index is 13.2. The molecule has 0 unspecified atom stereocenters. The first-order valence-electron chi connectivity index (χ1n) is 9.58. The molecule has 5 rings (SSSR count). The molecule has 170 valence electrons. The second-order valence-electron chi connectivity index (χ2n) is 7.14. The summed E-state index contributed by atoms with van der Waals surface area (Å²) >= 11 is 1.10. The molecule has 0 fully saturated rings. The molecular weight excluding hydrogens is 459 g/mol. The fourth-order valence-corrected chi connectivity index (χ4v) is 4.87. The van der Waals surface area contributed by atoms with Gasteiger partial charge in [-0.2, -0.15) is 13.2 Å². The summed E-state index contributed by atoms with van der Waals surface area (Å²) in [4.78, 5) is 13.1. The second kappa shape index (κ2) is 7.44. The van der Waals surface area contributed by atoms with Crippen molar-refractivity contribution in [1.29, 1.82) is 0 Å². The third-order valence-electron chi connectivity index (χ3n) is 5.18. The van der Waals surface area contributed by atoms with E-state index in [2.05, 4.69) is 20.1 Å². The van der Waals surface area contributed by atoms with Crippen molar-refractivity contribution in [2.24, 2.45) is 0 Å². The van der Waals surface area contributed by atoms with Crippen LogP contribution in [-0.2, 0) is 6.18 Å². The number of ether oxygens (including phenoxy) is 3. The van der Waals surface area contributed by atoms with Gasteiger partial charge in [0.25, 0.3) is 0 Å². The number of alkyl halides is 3. The van der Waals surface area contributed by atoms with Crippen molar-refractivity contribution in [1.82, 2.24) is 24.6 Å². The van der Waals surface area contributed by atoms with Crippen LogP contribution in [0.25, 0.3) is 37.5 Å². The van der Waals surface area contributed by atoms with E-state index < -0.39 is 11.9 Å². The van der Waals surface area contributed by atoms with E-state index in [1.165, 1.54) is 32.2 Å². The van der Waals surface area contributed by atoms with Gasteiger partial charge in [-0.15, -0.1) is 16.4 Å². The maximum Gasteiger partial charge on any atom is 0.433 e. The van der Waals surface area contributed by atoms with E-state index >= 15 is 0 Å². The number of nitrogens with zero attached hydrogens (tertiary/aromatic N) is 5. The van der Waals surface area contributed by atoms with Gasteiger partial charge in [0.1, 0.15) is 21.6 Å². The summed E-state index contributed by atoms with van der Waals surface area (Å²) in [5.74, 6) is 1.68. The third-order valence-corrected chi connectivity index (χ3v) is 6.25. The number of benzene rings is 1. The number of halogens is 3. The number of aryl methyl sites for hydroxylation is 1. The molecule has 1 aromatic carbocycles. The van der Waals surface area contributed by atoms with E-state index in [9.17, 15) is 13.2 Å². The summed E-state index contributed by atoms with van der Waals surface area (Å²) in [7, 11) is 4.52. The molecule has 4 aromatic heterocycles. The molecule has 0 bridgehead atoms. The number of fused-ring (bicyclic) bond motifs is 5. The molecule has 0 radical (unpaired) electrons. The highest BCUT2D eigenvalue weighted by Gasteiger charge is 2.33. The lowest BCUT2D eigenvalue weighted by Crippen LogP contribution is -2.07. The minimum Gasteiger partial charge on any atom is -0.493 e. The number of hydrogen-bond donors (Lipinski definition) is 0. The Kier molecular flexibility index (Phi) is 4.78. The lowest BCUT2D eigenvalue weighted by Gasteiger charge is -2.12. The molecule has 0 aliphatic heterocycles. The summed E-state index contributed by atoms with van der Waals surface area (Å²) in [6, 6.07) is 4.46. The van der Waals surface area contributed by atoms with E-state index in [4.69, 9.17) is 14.2 Å². The summed E-state index contributed by atoms with van der Waals surface area (Å²) in [6.45, 7) is 1.61. The first-order valence-corrected chi connectivity index (χ1v) is 10.4. The minimum absolute atomic E-state index is 0.246. The van der Waals surface area contributed by atoms with Gasteiger partial charge in [-0.25, -0.2) is 19.5 Å². The van der Waals surface area contributed by atoms with Crippen molar-refractivity contribution < 1.29 is 27.4 Å². The average molecular weight is 475 g/mol. The van der Waals surface area contributed by atoms with Gasteiger partial charge in [0, 0.05) is 10.9 Å². The van der Waals surface area contributed by atoms with Gasteiger partial charge in [-0.05, 0) is 30.7 Å². The lowest BCUT2D eigenvalue weighted by molar-refractivity contribution is -0.141. The fraction of sp³-hybridized carbons (Fsp3) is 0.238. The molecule has 0 spiro atoms. The van der Waals surface area contributed by atoms with Gasteiger partial charge >= 0.3 is 6.18 Å². The Hall–Kier alpha value is -3.67. The van der Waals surface area contributed by atoms with Crippen molar-refractivity contribution >= 4 is 37.4 Å². The Morgan fingerprint density at radius 1 is 0.970 bits per heavy atom. The number of hydrogen-bond acceptors (Lipinski definition) is 8. The smallest absolute Gasteiger partial charge is 0.433 e. The van der Waals surface area contributed by atoms with Crippen LogP contribution in [-0.4, -0.2) is 45.9 Å². The second-order valence-corrected chi connectivity index (χ2v) is 8.14. The molecule has 33 heavy (non-hydrogen) atoms. The molecule has 8 nitrogen and oxygen atoms in total. The highest BCUT2D eigenvalue weighted by atomic mass is 32.1. The number of methoxy groups -OCH3 is 3. The topological polar surface area (TPSA) is 83.7 Å². The molecule has 0 atom stereocenters. The van der Waals surface area contributed by atoms with Gasteiger partial charge < -0.3 is 14.2 Å². The normalized spacial score (nSPS) is 12.1. The van der Waals surface area contributed by atoms with Crippen molar-refractivity contribution in [3.8, 4) is 28.6 Å². The Balaban J connectivity index is 1.74. The zero-order chi connectivity index (χ0) is 23.5. The standard InChI is InChI=1S/C21H16F3N5O3S/c1-9-5-13(21(22,23)24)26-20-14(9)15-17(33-20)19-27-18(28-29(19)8-25-15)10-6-11(30-2)16(32-4)12(7-10)31-3/h5-8H,1-4H3. The minimum atomic E-state index is -4.54. The van der Waals surface area contributed by atoms with Crippen LogP contribution < -0.4 is 14.2 Å². The number of thiophene rings is 1. The van der Waals surface area contributed by atoms with E-state index in [1.807, 2.05) is 0 Å². The zero-order valence-corrected chi connectivity index (χ0v) is 18.6. The van der Waals surface area contributed by atoms with Crippen molar-refractivity contribution in [2.75, 3.05) is 21.3 Å². The summed E-state index contributed by atoms with van der Waals surface area (Å²) < 4.78 is 58.0. The van der Waals surface area contributed by atoms with Crippen LogP contribution in [0.3, 0.4) is 0 Å². The summed E-state index contributed by atoms with van der Waals surface area (Å²) in [5, 5.41) is 5.06. The molecule has 0 aliphatic rings. The molecule has 4 heterocycles. The fourth-order valence-electron chi connectivity index (χ4n) is 3.69. The first kappa shape index (κ1) is 21.2. The number of pyridine rings is 1. The van der Waals surface area contributed by atoms with Gasteiger partial charge in [0.15, 0.2) is 23.0 Å². The highest BCUT2D eigenvalue weighted by Crippen LogP contribution is 2.42. The maximum absolute atomic E-state index is 13.2. The Morgan fingerprint density at radius 3 is 2.27 bits per heavy atom. The van der Waals surface area contributed by atoms with Crippen LogP contribution in [0, 0.1) is 6.92 Å². The number of rotatable bonds is 4. The molecule has 12 heteroatoms. The van der Waals surface area contributed by atoms with Crippen molar-refractivity contribution in [3.05, 3.63) is 35.8 Å². The van der Waals surface area contributed by atoms with E-state index in [-0.39, 0.29) is 4.83 Å². The summed E-state index contributed by atoms with van der Waals surface area (Å²) in [5.41, 5.74) is 1.11. The Morgan fingerprint density at radius 2 is 1.67 bits per heavy atom. The molecule has 5 aromatic rings. The van der Waals surface area contributed by atoms with Crippen LogP contribution in [0.1, 0.15) is 11.3 Å². The van der Waals surface area contributed by atoms with E-state index in [0.29, 0.717) is 55.4 Å². The van der Waals surface area contributed by atoms with E-state index in [1.54, 1.807) is 19.1 Å². The van der Waals surface area contributed by atoms with Gasteiger partial charge in [-0.3, -0.25) is 0 Å². The predicted octanol–water partition coefficient (Wildman–Crippen LogP) is 4.91. The molecule has 0 N–H and O–H groups in total. The first-order chi connectivity index (χ1) is 15.7. The summed E-state index contributed by atoms with van der Waals surface area (Å²) in [6.07, 6.45) is -3.05. The van der Waals surface area contributed by atoms with Gasteiger partial charge in [-0.1, -0.05) is 0 Å². The monoisotopic (exact) mass is 475 g/mol. The number of aromatic nitrogens is 5. The Labute approximate surface area is 188 Å². The molecule has 0 amide bonds. The predicted molar refractivity (Wildman–Crippen MR) is 116 cm³/mol. The van der Waals surface area contributed by atoms with Crippen LogP contribution in [0.2, 0.25) is 0 Å². The zero-order valence-electron chi connectivity index (χ0n) is 17.8. The molecule has 0 aliphatic carbocycles. The highest BCUT2D eigenvalue weighted by molar-refractivity contribution is 7.26. The van der Waals surface area contributed by atoms with Crippen LogP contribution in [0.5, 0.6) is 17.2 Å². The SMILES string of the molecule is COc1cc(-c2nc3c4sc5nc(C(F)(F)F)cc(C)c5c4ncn3n2)cc(OC)c1OC. The average Bonchev–Trinajstić information content (AvgIpc) is 3.38. The van der Waals surface area contributed by atoms with Crippen molar-refractivity contribution in [2.45, 2.75) is 13.1 Å². The van der Waals surface area contributed by atoms with Crippen molar-refractivity contribution in [3.63, 3.8) is 0 Å². The van der Waals surface area contributed by atoms with Crippen LogP contribution in [0.4, 0.5) is 13.2 Å². The van der Waals surface area contributed by atoms with E-state index in [0.717, 1.165) is 17.4 Å². The molecular formula is C21H16F3N5O3S. The lowest BCUT2D eigenvalue weighted by atomic mass is 10.1. The molecule has 0 saturated carbocycles. The van der Waals surface area contributed by atoms with Crippen LogP contribution in [0.15, 0.2) is 24.5 Å². The third kappa shape index (κ3) is 3.28. The molecule has 0 saturated heterocycles.